The number of aryl methyl sites for hydroxylation is 1. The van der Waals surface area contributed by atoms with Crippen molar-refractivity contribution < 1.29 is 13.0 Å². The first-order valence-electron chi connectivity index (χ1n) is 9.39. The van der Waals surface area contributed by atoms with Crippen LogP contribution in [-0.4, -0.2) is 21.8 Å². The van der Waals surface area contributed by atoms with Crippen LogP contribution >= 0.6 is 0 Å². The minimum Gasteiger partial charge on any atom is -0.282 e. The van der Waals surface area contributed by atoms with Gasteiger partial charge in [-0.05, 0) is 19.1 Å². The summed E-state index contributed by atoms with van der Waals surface area (Å²) in [5.74, 6) is 0. The van der Waals surface area contributed by atoms with Crippen molar-refractivity contribution in [2.45, 2.75) is 89.2 Å². The van der Waals surface area contributed by atoms with E-state index in [0.717, 1.165) is 5.56 Å². The fourth-order valence-corrected chi connectivity index (χ4v) is 6.92. The van der Waals surface area contributed by atoms with Crippen LogP contribution in [0.4, 0.5) is 0 Å². The molecule has 0 aliphatic carbocycles. The second kappa shape index (κ2) is 13.6. The highest BCUT2D eigenvalue weighted by Gasteiger charge is 2.08. The van der Waals surface area contributed by atoms with Crippen molar-refractivity contribution in [1.82, 2.24) is 0 Å². The predicted octanol–water partition coefficient (Wildman–Crippen LogP) is 5.86. The molecule has 0 aliphatic heterocycles. The molecule has 1 rings (SSSR count). The highest BCUT2D eigenvalue weighted by molar-refractivity contribution is 7.85. The summed E-state index contributed by atoms with van der Waals surface area (Å²) in [4.78, 5) is -0.0666. The molecule has 1 aromatic rings. The van der Waals surface area contributed by atoms with E-state index in [0.29, 0.717) is 0 Å². The Bertz CT molecular complexity index is 493. The topological polar surface area (TPSA) is 54.4 Å². The van der Waals surface area contributed by atoms with Crippen molar-refractivity contribution in [2.75, 3.05) is 0 Å². The van der Waals surface area contributed by atoms with E-state index >= 15 is 0 Å². The van der Waals surface area contributed by atoms with Gasteiger partial charge in [0.25, 0.3) is 10.1 Å². The SMILES string of the molecule is CCCC[SiH](CCCC)CCCC.Cc1ccc(S(=O)(=O)O)cc1. The van der Waals surface area contributed by atoms with E-state index in [1.165, 1.54) is 50.7 Å². The van der Waals surface area contributed by atoms with Crippen molar-refractivity contribution >= 4 is 18.9 Å². The summed E-state index contributed by atoms with van der Waals surface area (Å²) < 4.78 is 29.6. The van der Waals surface area contributed by atoms with Gasteiger partial charge in [-0.1, -0.05) is 95.1 Å². The molecule has 3 nitrogen and oxygen atoms in total. The molecule has 0 heterocycles. The van der Waals surface area contributed by atoms with Gasteiger partial charge < -0.3 is 0 Å². The van der Waals surface area contributed by atoms with Gasteiger partial charge in [0.2, 0.25) is 0 Å². The minimum absolute atomic E-state index is 0.0666. The van der Waals surface area contributed by atoms with E-state index in [1.807, 2.05) is 6.92 Å². The monoisotopic (exact) mass is 372 g/mol. The average Bonchev–Trinajstić information content (AvgIpc) is 2.54. The van der Waals surface area contributed by atoms with Crippen molar-refractivity contribution in [2.24, 2.45) is 0 Å². The van der Waals surface area contributed by atoms with Gasteiger partial charge >= 0.3 is 0 Å². The Hall–Kier alpha value is -0.653. The zero-order valence-corrected chi connectivity index (χ0v) is 17.9. The van der Waals surface area contributed by atoms with Gasteiger partial charge in [0.05, 0.1) is 4.90 Å². The molecule has 1 N–H and O–H groups in total. The lowest BCUT2D eigenvalue weighted by molar-refractivity contribution is 0.483. The summed E-state index contributed by atoms with van der Waals surface area (Å²) >= 11 is 0. The van der Waals surface area contributed by atoms with Crippen molar-refractivity contribution in [3.8, 4) is 0 Å². The molecule has 5 heteroatoms. The standard InChI is InChI=1S/C12H28Si.C7H8O3S/c1-4-7-10-13(11-8-5-2)12-9-6-3;1-6-2-4-7(5-3-6)11(8,9)10/h13H,4-12H2,1-3H3;2-5H,1H3,(H,8,9,10). The molecule has 0 aromatic heterocycles. The molecule has 0 atom stereocenters. The average molecular weight is 373 g/mol. The van der Waals surface area contributed by atoms with Gasteiger partial charge in [0.1, 0.15) is 0 Å². The van der Waals surface area contributed by atoms with Gasteiger partial charge in [-0.15, -0.1) is 0 Å². The molecular formula is C19H36O3SSi. The molecule has 0 aliphatic rings. The molecule has 0 radical (unpaired) electrons. The van der Waals surface area contributed by atoms with E-state index in [-0.39, 0.29) is 13.7 Å². The minimum atomic E-state index is -4.02. The second-order valence-electron chi connectivity index (χ2n) is 6.58. The van der Waals surface area contributed by atoms with Crippen molar-refractivity contribution in [3.05, 3.63) is 29.8 Å². The summed E-state index contributed by atoms with van der Waals surface area (Å²) in [6, 6.07) is 10.9. The first kappa shape index (κ1) is 23.3. The normalized spacial score (nSPS) is 11.2. The third-order valence-electron chi connectivity index (χ3n) is 4.22. The van der Waals surface area contributed by atoms with E-state index < -0.39 is 10.1 Å². The van der Waals surface area contributed by atoms with Crippen LogP contribution in [0, 0.1) is 6.92 Å². The quantitative estimate of drug-likeness (QED) is 0.413. The summed E-state index contributed by atoms with van der Waals surface area (Å²) in [6.45, 7) is 8.81. The fourth-order valence-electron chi connectivity index (χ4n) is 2.62. The van der Waals surface area contributed by atoms with Crippen LogP contribution in [0.15, 0.2) is 29.2 Å². The maximum absolute atomic E-state index is 10.5. The molecule has 0 bridgehead atoms. The molecule has 140 valence electrons. The Balaban J connectivity index is 0.000000446. The van der Waals surface area contributed by atoms with Crippen LogP contribution < -0.4 is 0 Å². The van der Waals surface area contributed by atoms with E-state index in [9.17, 15) is 8.42 Å². The smallest absolute Gasteiger partial charge is 0.282 e. The molecule has 24 heavy (non-hydrogen) atoms. The van der Waals surface area contributed by atoms with Crippen LogP contribution in [0.2, 0.25) is 18.1 Å². The maximum Gasteiger partial charge on any atom is 0.294 e. The maximum atomic E-state index is 10.5. The number of benzene rings is 1. The van der Waals surface area contributed by atoms with Crippen LogP contribution in [-0.2, 0) is 10.1 Å². The Morgan fingerprint density at radius 1 is 0.833 bits per heavy atom. The zero-order chi connectivity index (χ0) is 18.4. The third-order valence-corrected chi connectivity index (χ3v) is 8.76. The molecule has 0 amide bonds. The summed E-state index contributed by atoms with van der Waals surface area (Å²) in [6.07, 6.45) is 8.73. The summed E-state index contributed by atoms with van der Waals surface area (Å²) in [5.41, 5.74) is 0.956. The highest BCUT2D eigenvalue weighted by atomic mass is 32.2. The van der Waals surface area contributed by atoms with Gasteiger partial charge in [0.15, 0.2) is 0 Å². The van der Waals surface area contributed by atoms with Crippen molar-refractivity contribution in [1.29, 1.82) is 0 Å². The van der Waals surface area contributed by atoms with Crippen LogP contribution in [0.3, 0.4) is 0 Å². The Labute approximate surface area is 151 Å². The predicted molar refractivity (Wildman–Crippen MR) is 107 cm³/mol. The number of unbranched alkanes of at least 4 members (excludes halogenated alkanes) is 3. The Kier molecular flexibility index (Phi) is 13.2. The molecule has 1 aromatic carbocycles. The lowest BCUT2D eigenvalue weighted by Crippen LogP contribution is -2.11. The Morgan fingerprint density at radius 3 is 1.50 bits per heavy atom. The molecular weight excluding hydrogens is 336 g/mol. The number of rotatable bonds is 10. The molecule has 0 spiro atoms. The lowest BCUT2D eigenvalue weighted by Gasteiger charge is -2.13. The number of hydrogen-bond donors (Lipinski definition) is 1. The highest BCUT2D eigenvalue weighted by Crippen LogP contribution is 2.16. The van der Waals surface area contributed by atoms with Crippen molar-refractivity contribution in [3.63, 3.8) is 0 Å². The largest absolute Gasteiger partial charge is 0.294 e. The fraction of sp³-hybridized carbons (Fsp3) is 0.684. The second-order valence-corrected chi connectivity index (χ2v) is 11.5. The molecule has 0 saturated heterocycles. The first-order valence-corrected chi connectivity index (χ1v) is 13.3. The first-order chi connectivity index (χ1) is 11.3. The Morgan fingerprint density at radius 2 is 1.21 bits per heavy atom. The van der Waals surface area contributed by atoms with E-state index in [1.54, 1.807) is 30.3 Å². The third kappa shape index (κ3) is 11.8. The van der Waals surface area contributed by atoms with Gasteiger partial charge in [-0.2, -0.15) is 8.42 Å². The molecule has 0 fully saturated rings. The van der Waals surface area contributed by atoms with Crippen LogP contribution in [0.5, 0.6) is 0 Å². The zero-order valence-electron chi connectivity index (χ0n) is 15.9. The van der Waals surface area contributed by atoms with Gasteiger partial charge in [-0.3, -0.25) is 4.55 Å². The van der Waals surface area contributed by atoms with Crippen LogP contribution in [0.1, 0.15) is 64.9 Å². The summed E-state index contributed by atoms with van der Waals surface area (Å²) in [7, 11) is -4.31. The lowest BCUT2D eigenvalue weighted by atomic mass is 10.2. The van der Waals surface area contributed by atoms with E-state index in [4.69, 9.17) is 4.55 Å². The van der Waals surface area contributed by atoms with E-state index in [2.05, 4.69) is 20.8 Å². The van der Waals surface area contributed by atoms with Gasteiger partial charge in [-0.25, -0.2) is 0 Å². The molecule has 0 unspecified atom stereocenters. The summed E-state index contributed by atoms with van der Waals surface area (Å²) in [5, 5.41) is 0. The molecule has 0 saturated carbocycles. The van der Waals surface area contributed by atoms with Crippen LogP contribution in [0.25, 0.3) is 0 Å². The number of hydrogen-bond acceptors (Lipinski definition) is 2. The van der Waals surface area contributed by atoms with Gasteiger partial charge in [0, 0.05) is 8.80 Å².